The van der Waals surface area contributed by atoms with Crippen molar-refractivity contribution in [3.05, 3.63) is 90.6 Å². The summed E-state index contributed by atoms with van der Waals surface area (Å²) >= 11 is 0. The van der Waals surface area contributed by atoms with Crippen molar-refractivity contribution in [3.63, 3.8) is 0 Å². The zero-order valence-electron chi connectivity index (χ0n) is 19.1. The van der Waals surface area contributed by atoms with E-state index in [1.54, 1.807) is 55.7 Å². The number of ether oxygens (including phenoxy) is 1. The van der Waals surface area contributed by atoms with Crippen LogP contribution in [0.4, 0.5) is 10.1 Å². The zero-order valence-corrected chi connectivity index (χ0v) is 19.1. The summed E-state index contributed by atoms with van der Waals surface area (Å²) in [7, 11) is 0. The third kappa shape index (κ3) is 4.72. The number of halogens is 1. The van der Waals surface area contributed by atoms with Gasteiger partial charge in [-0.2, -0.15) is 0 Å². The van der Waals surface area contributed by atoms with Gasteiger partial charge in [0.1, 0.15) is 17.2 Å². The minimum atomic E-state index is -1.04. The first kappa shape index (κ1) is 23.0. The summed E-state index contributed by atoms with van der Waals surface area (Å²) in [4.78, 5) is 34.9. The van der Waals surface area contributed by atoms with Crippen LogP contribution in [0.15, 0.2) is 88.1 Å². The lowest BCUT2D eigenvalue weighted by Gasteiger charge is -2.16. The molecule has 36 heavy (non-hydrogen) atoms. The van der Waals surface area contributed by atoms with Gasteiger partial charge in [-0.15, -0.1) is 0 Å². The fourth-order valence-corrected chi connectivity index (χ4v) is 3.63. The molecule has 1 N–H and O–H groups in total. The Morgan fingerprint density at radius 3 is 2.14 bits per heavy atom. The SMILES string of the molecule is CCC(OC(=O)c1ccc2nc(-c3ccco3)c(-c3ccco3)nc2c1)C(=O)Nc1ccc(F)cc1. The van der Waals surface area contributed by atoms with E-state index in [0.29, 0.717) is 39.6 Å². The summed E-state index contributed by atoms with van der Waals surface area (Å²) in [5.41, 5.74) is 2.54. The molecule has 0 radical (unpaired) electrons. The fourth-order valence-electron chi connectivity index (χ4n) is 3.63. The van der Waals surface area contributed by atoms with Gasteiger partial charge in [-0.1, -0.05) is 6.92 Å². The first-order valence-corrected chi connectivity index (χ1v) is 11.2. The normalized spacial score (nSPS) is 11.8. The second-order valence-electron chi connectivity index (χ2n) is 7.88. The van der Waals surface area contributed by atoms with Crippen LogP contribution in [0, 0.1) is 5.82 Å². The van der Waals surface area contributed by atoms with Crippen molar-refractivity contribution in [2.75, 3.05) is 5.32 Å². The summed E-state index contributed by atoms with van der Waals surface area (Å²) in [6.07, 6.45) is 2.29. The van der Waals surface area contributed by atoms with Gasteiger partial charge >= 0.3 is 5.97 Å². The molecule has 0 spiro atoms. The number of amides is 1. The minimum Gasteiger partial charge on any atom is -0.463 e. The van der Waals surface area contributed by atoms with Crippen molar-refractivity contribution in [2.45, 2.75) is 19.4 Å². The van der Waals surface area contributed by atoms with Gasteiger partial charge in [-0.05, 0) is 73.2 Å². The number of benzene rings is 2. The van der Waals surface area contributed by atoms with Gasteiger partial charge in [0, 0.05) is 5.69 Å². The lowest BCUT2D eigenvalue weighted by Crippen LogP contribution is -2.32. The third-order valence-electron chi connectivity index (χ3n) is 5.43. The molecule has 9 heteroatoms. The van der Waals surface area contributed by atoms with E-state index in [1.807, 2.05) is 0 Å². The van der Waals surface area contributed by atoms with Gasteiger partial charge in [-0.3, -0.25) is 4.79 Å². The van der Waals surface area contributed by atoms with E-state index in [2.05, 4.69) is 15.3 Å². The number of aromatic nitrogens is 2. The number of fused-ring (bicyclic) bond motifs is 1. The van der Waals surface area contributed by atoms with Crippen molar-refractivity contribution in [1.82, 2.24) is 9.97 Å². The monoisotopic (exact) mass is 485 g/mol. The molecule has 8 nitrogen and oxygen atoms in total. The zero-order chi connectivity index (χ0) is 25.1. The summed E-state index contributed by atoms with van der Waals surface area (Å²) in [6, 6.07) is 17.1. The largest absolute Gasteiger partial charge is 0.463 e. The molecule has 0 aliphatic rings. The topological polar surface area (TPSA) is 107 Å². The molecule has 1 amide bonds. The Morgan fingerprint density at radius 1 is 0.917 bits per heavy atom. The van der Waals surface area contributed by atoms with Crippen molar-refractivity contribution in [1.29, 1.82) is 0 Å². The molecule has 0 saturated carbocycles. The average molecular weight is 485 g/mol. The number of nitrogens with one attached hydrogen (secondary N) is 1. The predicted octanol–water partition coefficient (Wildman–Crippen LogP) is 5.86. The molecule has 1 atom stereocenters. The first-order chi connectivity index (χ1) is 17.5. The summed E-state index contributed by atoms with van der Waals surface area (Å²) < 4.78 is 29.6. The van der Waals surface area contributed by atoms with Crippen molar-refractivity contribution in [2.24, 2.45) is 0 Å². The minimum absolute atomic E-state index is 0.209. The maximum Gasteiger partial charge on any atom is 0.338 e. The van der Waals surface area contributed by atoms with Gasteiger partial charge in [0.25, 0.3) is 5.91 Å². The predicted molar refractivity (Wildman–Crippen MR) is 129 cm³/mol. The molecular weight excluding hydrogens is 465 g/mol. The molecule has 1 unspecified atom stereocenters. The van der Waals surface area contributed by atoms with Crippen molar-refractivity contribution in [3.8, 4) is 22.9 Å². The molecule has 3 aromatic heterocycles. The quantitative estimate of drug-likeness (QED) is 0.288. The summed E-state index contributed by atoms with van der Waals surface area (Å²) in [5.74, 6) is -0.599. The Bertz CT molecular complexity index is 1510. The van der Waals surface area contributed by atoms with Crippen LogP contribution in [0.5, 0.6) is 0 Å². The average Bonchev–Trinajstić information content (AvgIpc) is 3.62. The third-order valence-corrected chi connectivity index (χ3v) is 5.43. The number of anilines is 1. The number of esters is 1. The van der Waals surface area contributed by atoms with Crippen LogP contribution in [0.1, 0.15) is 23.7 Å². The highest BCUT2D eigenvalue weighted by Gasteiger charge is 2.23. The highest BCUT2D eigenvalue weighted by molar-refractivity contribution is 5.99. The number of furan rings is 2. The smallest absolute Gasteiger partial charge is 0.338 e. The fraction of sp³-hybridized carbons (Fsp3) is 0.111. The Kier molecular flexibility index (Phi) is 6.27. The second-order valence-corrected chi connectivity index (χ2v) is 7.88. The molecule has 0 bridgehead atoms. The van der Waals surface area contributed by atoms with E-state index in [1.165, 1.54) is 30.5 Å². The van der Waals surface area contributed by atoms with Gasteiger partial charge in [-0.25, -0.2) is 19.2 Å². The van der Waals surface area contributed by atoms with Crippen molar-refractivity contribution < 1.29 is 27.6 Å². The molecule has 3 heterocycles. The molecule has 0 aliphatic heterocycles. The van der Waals surface area contributed by atoms with Crippen LogP contribution in [-0.2, 0) is 9.53 Å². The summed E-state index contributed by atoms with van der Waals surface area (Å²) in [5, 5.41) is 2.62. The standard InChI is InChI=1S/C27H20FN3O5/c1-2-21(26(32)29-18-10-8-17(28)9-11-18)36-27(33)16-7-12-19-20(15-16)31-25(23-6-4-14-35-23)24(30-19)22-5-3-13-34-22/h3-15,21H,2H2,1H3,(H,29,32). The molecule has 0 aliphatic carbocycles. The molecule has 180 valence electrons. The number of carbonyl (C=O) groups is 2. The lowest BCUT2D eigenvalue weighted by atomic mass is 10.1. The number of nitrogens with zero attached hydrogens (tertiary/aromatic N) is 2. The Morgan fingerprint density at radius 2 is 1.56 bits per heavy atom. The highest BCUT2D eigenvalue weighted by atomic mass is 19.1. The van der Waals surface area contributed by atoms with E-state index in [0.717, 1.165) is 0 Å². The maximum atomic E-state index is 13.1. The van der Waals surface area contributed by atoms with E-state index < -0.39 is 23.8 Å². The first-order valence-electron chi connectivity index (χ1n) is 11.2. The molecular formula is C27H20FN3O5. The molecule has 0 fully saturated rings. The molecule has 0 saturated heterocycles. The maximum absolute atomic E-state index is 13.1. The van der Waals surface area contributed by atoms with Crippen LogP contribution >= 0.6 is 0 Å². The van der Waals surface area contributed by atoms with Crippen molar-refractivity contribution >= 4 is 28.6 Å². The number of hydrogen-bond donors (Lipinski definition) is 1. The van der Waals surface area contributed by atoms with E-state index in [4.69, 9.17) is 13.6 Å². The Hall–Kier alpha value is -4.79. The van der Waals surface area contributed by atoms with Crippen LogP contribution in [0.2, 0.25) is 0 Å². The van der Waals surface area contributed by atoms with Gasteiger partial charge in [0.05, 0.1) is 29.1 Å². The van der Waals surface area contributed by atoms with Gasteiger partial charge in [0.2, 0.25) is 0 Å². The molecule has 5 aromatic rings. The van der Waals surface area contributed by atoms with Crippen LogP contribution in [0.25, 0.3) is 33.9 Å². The van der Waals surface area contributed by atoms with E-state index in [-0.39, 0.29) is 12.0 Å². The van der Waals surface area contributed by atoms with Gasteiger partial charge in [0.15, 0.2) is 17.6 Å². The van der Waals surface area contributed by atoms with Gasteiger partial charge < -0.3 is 18.9 Å². The van der Waals surface area contributed by atoms with Crippen LogP contribution in [0.3, 0.4) is 0 Å². The van der Waals surface area contributed by atoms with Crippen LogP contribution in [-0.4, -0.2) is 27.9 Å². The van der Waals surface area contributed by atoms with Crippen LogP contribution < -0.4 is 5.32 Å². The summed E-state index contributed by atoms with van der Waals surface area (Å²) in [6.45, 7) is 1.72. The number of rotatable bonds is 7. The van der Waals surface area contributed by atoms with E-state index >= 15 is 0 Å². The number of carbonyl (C=O) groups excluding carboxylic acids is 2. The number of hydrogen-bond acceptors (Lipinski definition) is 7. The molecule has 2 aromatic carbocycles. The highest BCUT2D eigenvalue weighted by Crippen LogP contribution is 2.31. The van der Waals surface area contributed by atoms with E-state index in [9.17, 15) is 14.0 Å². The second kappa shape index (κ2) is 9.83. The Balaban J connectivity index is 1.41. The lowest BCUT2D eigenvalue weighted by molar-refractivity contribution is -0.124. The Labute approximate surface area is 204 Å². The molecule has 5 rings (SSSR count).